The van der Waals surface area contributed by atoms with Crippen molar-refractivity contribution in [2.24, 2.45) is 0 Å². The van der Waals surface area contributed by atoms with Crippen LogP contribution in [0.2, 0.25) is 0 Å². The quantitative estimate of drug-likeness (QED) is 0.678. The van der Waals surface area contributed by atoms with Crippen molar-refractivity contribution in [2.75, 3.05) is 7.11 Å². The van der Waals surface area contributed by atoms with E-state index in [-0.39, 0.29) is 11.6 Å². The van der Waals surface area contributed by atoms with Crippen molar-refractivity contribution in [3.05, 3.63) is 39.5 Å². The molecule has 0 spiro atoms. The predicted molar refractivity (Wildman–Crippen MR) is 83.6 cm³/mol. The topological polar surface area (TPSA) is 63.7 Å². The minimum Gasteiger partial charge on any atom is -0.479 e. The molecule has 0 N–H and O–H groups in total. The molecule has 21 heavy (non-hydrogen) atoms. The lowest BCUT2D eigenvalue weighted by Crippen LogP contribution is -2.00. The highest BCUT2D eigenvalue weighted by Crippen LogP contribution is 2.27. The first-order chi connectivity index (χ1) is 10.1. The molecule has 0 aliphatic rings. The molecule has 0 saturated carbocycles. The van der Waals surface area contributed by atoms with Crippen LogP contribution in [0.15, 0.2) is 24.3 Å². The molecule has 0 fully saturated rings. The number of ether oxygens (including phenoxy) is 1. The number of fused-ring (bicyclic) bond motifs is 1. The van der Waals surface area contributed by atoms with Gasteiger partial charge in [-0.1, -0.05) is 29.0 Å². The number of nitrogens with zero attached hydrogens (tertiary/aromatic N) is 4. The summed E-state index contributed by atoms with van der Waals surface area (Å²) in [4.78, 5) is 9.28. The van der Waals surface area contributed by atoms with Crippen molar-refractivity contribution in [2.45, 2.75) is 6.92 Å². The Kier molecular flexibility index (Phi) is 3.41. The Morgan fingerprint density at radius 1 is 1.29 bits per heavy atom. The van der Waals surface area contributed by atoms with Crippen molar-refractivity contribution in [1.29, 1.82) is 5.26 Å². The maximum absolute atomic E-state index is 9.07. The van der Waals surface area contributed by atoms with Gasteiger partial charge in [0.15, 0.2) is 14.4 Å². The van der Waals surface area contributed by atoms with Crippen molar-refractivity contribution < 1.29 is 4.74 Å². The van der Waals surface area contributed by atoms with E-state index in [0.29, 0.717) is 14.4 Å². The van der Waals surface area contributed by atoms with Crippen LogP contribution in [0.4, 0.5) is 0 Å². The van der Waals surface area contributed by atoms with Crippen molar-refractivity contribution >= 4 is 34.0 Å². The minimum absolute atomic E-state index is 0.164. The lowest BCUT2D eigenvalue weighted by atomic mass is 10.2. The van der Waals surface area contributed by atoms with E-state index in [9.17, 15) is 0 Å². The second kappa shape index (κ2) is 5.24. The Morgan fingerprint density at radius 3 is 2.62 bits per heavy atom. The highest BCUT2D eigenvalue weighted by atomic mass is 32.1. The third-order valence-electron chi connectivity index (χ3n) is 2.98. The van der Waals surface area contributed by atoms with Crippen LogP contribution in [-0.2, 0) is 0 Å². The third-order valence-corrected chi connectivity index (χ3v) is 4.24. The molecule has 5 nitrogen and oxygen atoms in total. The summed E-state index contributed by atoms with van der Waals surface area (Å²) in [7, 11) is 1.47. The molecule has 2 heterocycles. The predicted octanol–water partition coefficient (Wildman–Crippen LogP) is 3.40. The Labute approximate surface area is 130 Å². The number of benzene rings is 1. The SMILES string of the molecule is COc1nc2c(nc1C#N)sc(=S)n2-c1ccc(C)cc1. The summed E-state index contributed by atoms with van der Waals surface area (Å²) in [5.41, 5.74) is 2.85. The molecule has 0 aliphatic heterocycles. The second-order valence-electron chi connectivity index (χ2n) is 4.36. The van der Waals surface area contributed by atoms with Gasteiger partial charge in [0.1, 0.15) is 6.07 Å². The molecule has 0 bridgehead atoms. The van der Waals surface area contributed by atoms with E-state index in [4.69, 9.17) is 22.2 Å². The molecule has 7 heteroatoms. The Bertz CT molecular complexity index is 919. The number of aromatic nitrogens is 3. The molecule has 0 atom stereocenters. The van der Waals surface area contributed by atoms with E-state index in [1.807, 2.05) is 41.8 Å². The Balaban J connectivity index is 2.33. The summed E-state index contributed by atoms with van der Waals surface area (Å²) >= 11 is 6.73. The maximum atomic E-state index is 9.07. The van der Waals surface area contributed by atoms with Crippen molar-refractivity contribution in [3.63, 3.8) is 0 Å². The Hall–Kier alpha value is -2.30. The van der Waals surface area contributed by atoms with E-state index in [2.05, 4.69) is 9.97 Å². The van der Waals surface area contributed by atoms with Crippen molar-refractivity contribution in [1.82, 2.24) is 14.5 Å². The van der Waals surface area contributed by atoms with Gasteiger partial charge in [0, 0.05) is 5.69 Å². The van der Waals surface area contributed by atoms with Gasteiger partial charge in [-0.15, -0.1) is 0 Å². The zero-order chi connectivity index (χ0) is 15.0. The number of nitriles is 1. The summed E-state index contributed by atoms with van der Waals surface area (Å²) in [6.45, 7) is 2.02. The first-order valence-electron chi connectivity index (χ1n) is 6.08. The summed E-state index contributed by atoms with van der Waals surface area (Å²) in [5, 5.41) is 9.07. The fraction of sp³-hybridized carbons (Fsp3) is 0.143. The molecule has 3 aromatic rings. The standard InChI is InChI=1S/C14H10N4OS2/c1-8-3-5-9(6-4-8)18-11-13(21-14(18)20)16-10(7-15)12(17-11)19-2/h3-6H,1-2H3. The van der Waals surface area contributed by atoms with E-state index in [0.717, 1.165) is 5.69 Å². The lowest BCUT2D eigenvalue weighted by Gasteiger charge is -2.06. The number of hydrogen-bond donors (Lipinski definition) is 0. The van der Waals surface area contributed by atoms with Gasteiger partial charge in [0.2, 0.25) is 5.69 Å². The maximum Gasteiger partial charge on any atom is 0.253 e. The highest BCUT2D eigenvalue weighted by Gasteiger charge is 2.15. The lowest BCUT2D eigenvalue weighted by molar-refractivity contribution is 0.395. The fourth-order valence-corrected chi connectivity index (χ4v) is 3.20. The number of methoxy groups -OCH3 is 1. The highest BCUT2D eigenvalue weighted by molar-refractivity contribution is 7.73. The van der Waals surface area contributed by atoms with E-state index in [1.165, 1.54) is 24.0 Å². The van der Waals surface area contributed by atoms with Crippen LogP contribution in [-0.4, -0.2) is 21.6 Å². The van der Waals surface area contributed by atoms with Crippen LogP contribution in [0.1, 0.15) is 11.3 Å². The summed E-state index contributed by atoms with van der Waals surface area (Å²) in [5.74, 6) is 0.207. The molecular formula is C14H10N4OS2. The number of thiazole rings is 1. The Morgan fingerprint density at radius 2 is 2.00 bits per heavy atom. The molecule has 0 saturated heterocycles. The normalized spacial score (nSPS) is 10.5. The van der Waals surface area contributed by atoms with Crippen LogP contribution >= 0.6 is 23.6 Å². The molecule has 1 aromatic carbocycles. The molecule has 2 aromatic heterocycles. The minimum atomic E-state index is 0.164. The largest absolute Gasteiger partial charge is 0.479 e. The smallest absolute Gasteiger partial charge is 0.253 e. The number of aryl methyl sites for hydroxylation is 1. The van der Waals surface area contributed by atoms with Crippen LogP contribution in [0, 0.1) is 22.2 Å². The van der Waals surface area contributed by atoms with Gasteiger partial charge in [0.25, 0.3) is 5.88 Å². The third kappa shape index (κ3) is 2.28. The van der Waals surface area contributed by atoms with Gasteiger partial charge in [-0.25, -0.2) is 4.98 Å². The van der Waals surface area contributed by atoms with Crippen LogP contribution in [0.5, 0.6) is 5.88 Å². The average Bonchev–Trinajstić information content (AvgIpc) is 2.81. The first-order valence-corrected chi connectivity index (χ1v) is 7.31. The molecular weight excluding hydrogens is 304 g/mol. The zero-order valence-corrected chi connectivity index (χ0v) is 13.0. The summed E-state index contributed by atoms with van der Waals surface area (Å²) in [6, 6.07) is 9.95. The van der Waals surface area contributed by atoms with Crippen LogP contribution < -0.4 is 4.74 Å². The second-order valence-corrected chi connectivity index (χ2v) is 5.98. The molecule has 0 radical (unpaired) electrons. The molecule has 0 aliphatic carbocycles. The van der Waals surface area contributed by atoms with Gasteiger partial charge in [-0.3, -0.25) is 4.57 Å². The number of rotatable bonds is 2. The summed E-state index contributed by atoms with van der Waals surface area (Å²) in [6.07, 6.45) is 0. The molecule has 3 rings (SSSR count). The van der Waals surface area contributed by atoms with Gasteiger partial charge in [-0.2, -0.15) is 10.2 Å². The average molecular weight is 314 g/mol. The zero-order valence-electron chi connectivity index (χ0n) is 11.3. The van der Waals surface area contributed by atoms with Gasteiger partial charge in [-0.05, 0) is 31.3 Å². The van der Waals surface area contributed by atoms with Crippen LogP contribution in [0.25, 0.3) is 16.2 Å². The monoisotopic (exact) mass is 314 g/mol. The van der Waals surface area contributed by atoms with E-state index >= 15 is 0 Å². The molecule has 104 valence electrons. The van der Waals surface area contributed by atoms with Gasteiger partial charge < -0.3 is 4.74 Å². The molecule has 0 unspecified atom stereocenters. The van der Waals surface area contributed by atoms with Gasteiger partial charge in [0.05, 0.1) is 7.11 Å². The first kappa shape index (κ1) is 13.7. The van der Waals surface area contributed by atoms with Crippen molar-refractivity contribution in [3.8, 4) is 17.6 Å². The molecule has 0 amide bonds. The van der Waals surface area contributed by atoms with E-state index in [1.54, 1.807) is 0 Å². The summed E-state index contributed by atoms with van der Waals surface area (Å²) < 4.78 is 7.59. The number of hydrogen-bond acceptors (Lipinski definition) is 6. The van der Waals surface area contributed by atoms with Gasteiger partial charge >= 0.3 is 0 Å². The van der Waals surface area contributed by atoms with E-state index < -0.39 is 0 Å². The fourth-order valence-electron chi connectivity index (χ4n) is 1.96. The van der Waals surface area contributed by atoms with Crippen LogP contribution in [0.3, 0.4) is 0 Å².